The van der Waals surface area contributed by atoms with Crippen molar-refractivity contribution >= 4 is 11.6 Å². The van der Waals surface area contributed by atoms with Crippen LogP contribution in [0, 0.1) is 11.8 Å². The Balaban J connectivity index is 1.51. The van der Waals surface area contributed by atoms with Crippen LogP contribution in [0.1, 0.15) is 63.1 Å². The number of rotatable bonds is 4. The average Bonchev–Trinajstić information content (AvgIpc) is 3.18. The Hall–Kier alpha value is -2.66. The second-order valence-corrected chi connectivity index (χ2v) is 8.76. The fourth-order valence-electron chi connectivity index (χ4n) is 5.62. The maximum absolute atomic E-state index is 13.3. The molecule has 5 rings (SSSR count). The standard InChI is InChI=1S/C25H27NO4/c1-29-20-9-5-8-18-22(20)25(28)23-19(24(18)27)10-15(11-21(23)30-2)12-26-13-16-6-3-4-7-17(16)14-26/h5,8-11,16-17H,3-4,6-7,12-14H2,1-2H3. The van der Waals surface area contributed by atoms with Crippen LogP contribution in [0.5, 0.6) is 11.5 Å². The normalized spacial score (nSPS) is 23.0. The molecule has 2 aliphatic carbocycles. The number of methoxy groups -OCH3 is 2. The first-order valence-electron chi connectivity index (χ1n) is 10.8. The van der Waals surface area contributed by atoms with Gasteiger partial charge in [-0.05, 0) is 48.4 Å². The van der Waals surface area contributed by atoms with Crippen molar-refractivity contribution < 1.29 is 19.1 Å². The predicted molar refractivity (Wildman–Crippen MR) is 114 cm³/mol. The second kappa shape index (κ2) is 7.55. The summed E-state index contributed by atoms with van der Waals surface area (Å²) in [6.07, 6.45) is 5.36. The third kappa shape index (κ3) is 3.03. The first kappa shape index (κ1) is 19.3. The molecule has 3 aliphatic rings. The Kier molecular flexibility index (Phi) is 4.86. The Morgan fingerprint density at radius 1 is 0.867 bits per heavy atom. The number of likely N-dealkylation sites (tertiary alicyclic amines) is 1. The smallest absolute Gasteiger partial charge is 0.201 e. The lowest BCUT2D eigenvalue weighted by atomic mass is 9.82. The molecule has 0 spiro atoms. The van der Waals surface area contributed by atoms with Gasteiger partial charge in [0.25, 0.3) is 0 Å². The second-order valence-electron chi connectivity index (χ2n) is 8.76. The molecular formula is C25H27NO4. The molecule has 2 fully saturated rings. The summed E-state index contributed by atoms with van der Waals surface area (Å²) < 4.78 is 10.9. The topological polar surface area (TPSA) is 55.8 Å². The molecule has 2 aromatic carbocycles. The summed E-state index contributed by atoms with van der Waals surface area (Å²) in [6.45, 7) is 3.02. The van der Waals surface area contributed by atoms with Crippen LogP contribution >= 0.6 is 0 Å². The van der Waals surface area contributed by atoms with Crippen molar-refractivity contribution in [1.82, 2.24) is 4.90 Å². The number of hydrogen-bond acceptors (Lipinski definition) is 5. The average molecular weight is 405 g/mol. The molecule has 156 valence electrons. The Labute approximate surface area is 177 Å². The summed E-state index contributed by atoms with van der Waals surface area (Å²) in [4.78, 5) is 29.1. The molecule has 0 radical (unpaired) electrons. The van der Waals surface area contributed by atoms with E-state index in [0.29, 0.717) is 33.8 Å². The minimum atomic E-state index is -0.215. The van der Waals surface area contributed by atoms with Crippen LogP contribution in [0.2, 0.25) is 0 Å². The summed E-state index contributed by atoms with van der Waals surface area (Å²) in [5, 5.41) is 0. The van der Waals surface area contributed by atoms with Gasteiger partial charge in [-0.25, -0.2) is 0 Å². The van der Waals surface area contributed by atoms with Crippen LogP contribution in [-0.2, 0) is 6.54 Å². The number of carbonyl (C=O) groups is 2. The summed E-state index contributed by atoms with van der Waals surface area (Å²) >= 11 is 0. The van der Waals surface area contributed by atoms with Crippen LogP contribution in [0.15, 0.2) is 30.3 Å². The van der Waals surface area contributed by atoms with E-state index in [4.69, 9.17) is 9.47 Å². The quantitative estimate of drug-likeness (QED) is 0.654. The van der Waals surface area contributed by atoms with E-state index in [1.54, 1.807) is 25.3 Å². The van der Waals surface area contributed by atoms with Gasteiger partial charge in [0.05, 0.1) is 25.3 Å². The maximum atomic E-state index is 13.3. The molecule has 1 heterocycles. The van der Waals surface area contributed by atoms with Crippen molar-refractivity contribution in [3.05, 3.63) is 58.1 Å². The van der Waals surface area contributed by atoms with E-state index < -0.39 is 0 Å². The third-order valence-corrected chi connectivity index (χ3v) is 7.03. The molecule has 0 bridgehead atoms. The Morgan fingerprint density at radius 3 is 2.20 bits per heavy atom. The molecule has 2 aromatic rings. The molecule has 1 saturated carbocycles. The van der Waals surface area contributed by atoms with Gasteiger partial charge in [-0.1, -0.05) is 25.0 Å². The first-order valence-corrected chi connectivity index (χ1v) is 10.8. The van der Waals surface area contributed by atoms with E-state index in [1.165, 1.54) is 32.8 Å². The van der Waals surface area contributed by atoms with Crippen molar-refractivity contribution in [3.63, 3.8) is 0 Å². The number of ether oxygens (including phenoxy) is 2. The zero-order valence-electron chi connectivity index (χ0n) is 17.6. The van der Waals surface area contributed by atoms with Crippen LogP contribution < -0.4 is 9.47 Å². The number of benzene rings is 2. The minimum absolute atomic E-state index is 0.145. The monoisotopic (exact) mass is 405 g/mol. The Morgan fingerprint density at radius 2 is 1.53 bits per heavy atom. The summed E-state index contributed by atoms with van der Waals surface area (Å²) in [7, 11) is 3.07. The molecule has 2 unspecified atom stereocenters. The molecule has 30 heavy (non-hydrogen) atoms. The van der Waals surface area contributed by atoms with Crippen LogP contribution in [0.25, 0.3) is 0 Å². The van der Waals surface area contributed by atoms with Gasteiger partial charge in [0.15, 0.2) is 5.78 Å². The van der Waals surface area contributed by atoms with Crippen molar-refractivity contribution in [2.45, 2.75) is 32.2 Å². The van der Waals surface area contributed by atoms with Gasteiger partial charge >= 0.3 is 0 Å². The van der Waals surface area contributed by atoms with Crippen LogP contribution in [0.4, 0.5) is 0 Å². The Bertz CT molecular complexity index is 1010. The number of fused-ring (bicyclic) bond motifs is 3. The molecule has 0 amide bonds. The van der Waals surface area contributed by atoms with Gasteiger partial charge in [-0.3, -0.25) is 14.5 Å². The van der Waals surface area contributed by atoms with Crippen molar-refractivity contribution in [2.75, 3.05) is 27.3 Å². The predicted octanol–water partition coefficient (Wildman–Crippen LogP) is 4.10. The summed E-state index contributed by atoms with van der Waals surface area (Å²) in [6, 6.07) is 8.98. The van der Waals surface area contributed by atoms with E-state index in [9.17, 15) is 9.59 Å². The maximum Gasteiger partial charge on any atom is 0.201 e. The van der Waals surface area contributed by atoms with Gasteiger partial charge in [0, 0.05) is 30.8 Å². The first-order chi connectivity index (χ1) is 14.6. The SMILES string of the molecule is COc1cccc2c1C(=O)c1c(OC)cc(CN3CC4CCCCC4C3)cc1C2=O. The van der Waals surface area contributed by atoms with Gasteiger partial charge in [-0.15, -0.1) is 0 Å². The lowest BCUT2D eigenvalue weighted by Crippen LogP contribution is -2.24. The molecule has 0 N–H and O–H groups in total. The number of nitrogens with zero attached hydrogens (tertiary/aromatic N) is 1. The van der Waals surface area contributed by atoms with E-state index in [2.05, 4.69) is 4.90 Å². The van der Waals surface area contributed by atoms with Crippen molar-refractivity contribution in [3.8, 4) is 11.5 Å². The largest absolute Gasteiger partial charge is 0.496 e. The zero-order chi connectivity index (χ0) is 20.8. The highest BCUT2D eigenvalue weighted by atomic mass is 16.5. The molecule has 0 aromatic heterocycles. The van der Waals surface area contributed by atoms with Gasteiger partial charge in [-0.2, -0.15) is 0 Å². The van der Waals surface area contributed by atoms with E-state index >= 15 is 0 Å². The van der Waals surface area contributed by atoms with Gasteiger partial charge in [0.2, 0.25) is 5.78 Å². The molecule has 5 nitrogen and oxygen atoms in total. The van der Waals surface area contributed by atoms with Crippen molar-refractivity contribution in [1.29, 1.82) is 0 Å². The highest BCUT2D eigenvalue weighted by Gasteiger charge is 2.37. The highest BCUT2D eigenvalue weighted by molar-refractivity contribution is 6.30. The molecule has 1 aliphatic heterocycles. The van der Waals surface area contributed by atoms with Gasteiger partial charge in [0.1, 0.15) is 11.5 Å². The molecule has 1 saturated heterocycles. The molecular weight excluding hydrogens is 378 g/mol. The van der Waals surface area contributed by atoms with E-state index in [1.807, 2.05) is 12.1 Å². The fraction of sp³-hybridized carbons (Fsp3) is 0.440. The lowest BCUT2D eigenvalue weighted by molar-refractivity contribution is 0.0973. The third-order valence-electron chi connectivity index (χ3n) is 7.03. The lowest BCUT2D eigenvalue weighted by Gasteiger charge is -2.23. The zero-order valence-corrected chi connectivity index (χ0v) is 17.6. The van der Waals surface area contributed by atoms with Crippen LogP contribution in [-0.4, -0.2) is 43.8 Å². The molecule has 5 heteroatoms. The number of carbonyl (C=O) groups excluding carboxylic acids is 2. The summed E-state index contributed by atoms with van der Waals surface area (Å²) in [5.74, 6) is 2.14. The fourth-order valence-corrected chi connectivity index (χ4v) is 5.62. The minimum Gasteiger partial charge on any atom is -0.496 e. The van der Waals surface area contributed by atoms with E-state index in [0.717, 1.165) is 37.0 Å². The number of ketones is 2. The van der Waals surface area contributed by atoms with Crippen LogP contribution in [0.3, 0.4) is 0 Å². The highest BCUT2D eigenvalue weighted by Crippen LogP contribution is 2.40. The van der Waals surface area contributed by atoms with Crippen molar-refractivity contribution in [2.24, 2.45) is 11.8 Å². The molecule has 2 atom stereocenters. The van der Waals surface area contributed by atoms with Gasteiger partial charge < -0.3 is 9.47 Å². The summed E-state index contributed by atoms with van der Waals surface area (Å²) in [5.41, 5.74) is 2.53. The van der Waals surface area contributed by atoms with E-state index in [-0.39, 0.29) is 11.6 Å². The number of hydrogen-bond donors (Lipinski definition) is 0.